The molecule has 54 heavy (non-hydrogen) atoms. The van der Waals surface area contributed by atoms with Crippen molar-refractivity contribution < 1.29 is 38.7 Å². The van der Waals surface area contributed by atoms with Crippen molar-refractivity contribution in [2.75, 3.05) is 27.4 Å². The summed E-state index contributed by atoms with van der Waals surface area (Å²) < 4.78 is 20.8. The maximum Gasteiger partial charge on any atom is 0.330 e. The third-order valence-corrected chi connectivity index (χ3v) is 9.76. The summed E-state index contributed by atoms with van der Waals surface area (Å²) in [5.41, 5.74) is 1.54. The summed E-state index contributed by atoms with van der Waals surface area (Å²) in [5, 5.41) is 19.3. The van der Waals surface area contributed by atoms with Gasteiger partial charge in [-0.2, -0.15) is 0 Å². The van der Waals surface area contributed by atoms with Crippen LogP contribution in [0.2, 0.25) is 0 Å². The third kappa shape index (κ3) is 23.7. The van der Waals surface area contributed by atoms with Gasteiger partial charge in [-0.05, 0) is 60.4 Å². The van der Waals surface area contributed by atoms with Crippen molar-refractivity contribution in [3.63, 3.8) is 0 Å². The van der Waals surface area contributed by atoms with Crippen LogP contribution in [0.15, 0.2) is 48.6 Å². The van der Waals surface area contributed by atoms with Crippen molar-refractivity contribution in [2.45, 2.75) is 154 Å². The first kappa shape index (κ1) is 46.2. The van der Waals surface area contributed by atoms with E-state index >= 15 is 0 Å². The predicted octanol–water partition coefficient (Wildman–Crippen LogP) is 12.3. The van der Waals surface area contributed by atoms with Gasteiger partial charge in [-0.1, -0.05) is 153 Å². The molecule has 0 aliphatic heterocycles. The number of carbonyl (C=O) groups excluding carboxylic acids is 2. The largest absolute Gasteiger partial charge is 0.504 e. The van der Waals surface area contributed by atoms with Crippen LogP contribution >= 0.6 is 0 Å². The second-order valence-corrected chi connectivity index (χ2v) is 14.3. The molecule has 2 aromatic rings. The van der Waals surface area contributed by atoms with E-state index in [0.29, 0.717) is 24.7 Å². The molecule has 0 aliphatic rings. The minimum absolute atomic E-state index is 0.0715. The third-order valence-electron chi connectivity index (χ3n) is 9.76. The van der Waals surface area contributed by atoms with Crippen molar-refractivity contribution in [1.29, 1.82) is 0 Å². The molecule has 0 bridgehead atoms. The van der Waals surface area contributed by atoms with Crippen molar-refractivity contribution in [3.05, 3.63) is 59.7 Å². The highest BCUT2D eigenvalue weighted by Crippen LogP contribution is 2.28. The van der Waals surface area contributed by atoms with Crippen LogP contribution in [-0.4, -0.2) is 49.6 Å². The molecule has 2 aromatic carbocycles. The molecule has 0 heterocycles. The van der Waals surface area contributed by atoms with Crippen molar-refractivity contribution >= 4 is 24.1 Å². The van der Waals surface area contributed by atoms with Crippen LogP contribution in [0.3, 0.4) is 0 Å². The quantitative estimate of drug-likeness (QED) is 0.0421. The van der Waals surface area contributed by atoms with Crippen LogP contribution in [-0.2, 0) is 19.1 Å². The van der Waals surface area contributed by atoms with Crippen LogP contribution in [0.4, 0.5) is 0 Å². The summed E-state index contributed by atoms with van der Waals surface area (Å²) >= 11 is 0. The highest BCUT2D eigenvalue weighted by molar-refractivity contribution is 5.87. The zero-order valence-electron chi connectivity index (χ0n) is 33.5. The Kier molecular flexibility index (Phi) is 26.9. The molecule has 8 heteroatoms. The highest BCUT2D eigenvalue weighted by Gasteiger charge is 2.04. The molecule has 2 N–H and O–H groups in total. The van der Waals surface area contributed by atoms with Crippen molar-refractivity contribution in [3.8, 4) is 23.0 Å². The number of carbonyl (C=O) groups is 2. The molecule has 0 spiro atoms. The van der Waals surface area contributed by atoms with Gasteiger partial charge in [0.1, 0.15) is 0 Å². The molecule has 0 radical (unpaired) electrons. The summed E-state index contributed by atoms with van der Waals surface area (Å²) in [5.74, 6) is 0.201. The molecule has 0 amide bonds. The monoisotopic (exact) mass is 751 g/mol. The number of hydrogen-bond donors (Lipinski definition) is 2. The second kappa shape index (κ2) is 31.4. The number of unbranched alkanes of at least 4 members (excludes halogenated alkanes) is 23. The Morgan fingerprint density at radius 1 is 0.444 bits per heavy atom. The topological polar surface area (TPSA) is 112 Å². The number of benzene rings is 2. The Morgan fingerprint density at radius 3 is 0.963 bits per heavy atom. The molecule has 0 saturated heterocycles. The summed E-state index contributed by atoms with van der Waals surface area (Å²) in [6, 6.07) is 9.86. The first-order valence-corrected chi connectivity index (χ1v) is 20.9. The lowest BCUT2D eigenvalue weighted by Gasteiger charge is -2.05. The zero-order chi connectivity index (χ0) is 38.9. The molecular weight excluding hydrogens is 680 g/mol. The van der Waals surface area contributed by atoms with Crippen LogP contribution in [0.25, 0.3) is 12.2 Å². The second-order valence-electron chi connectivity index (χ2n) is 14.3. The number of methoxy groups -OCH3 is 2. The molecule has 0 aliphatic carbocycles. The number of esters is 2. The molecule has 8 nitrogen and oxygen atoms in total. The zero-order valence-corrected chi connectivity index (χ0v) is 33.5. The number of phenolic OH excluding ortho intramolecular Hbond substituents is 2. The van der Waals surface area contributed by atoms with E-state index in [0.717, 1.165) is 36.8 Å². The van der Waals surface area contributed by atoms with Crippen molar-refractivity contribution in [2.24, 2.45) is 0 Å². The molecular formula is C46H70O8. The average molecular weight is 751 g/mol. The number of hydrogen-bond acceptors (Lipinski definition) is 8. The summed E-state index contributed by atoms with van der Waals surface area (Å²) in [4.78, 5) is 23.9. The van der Waals surface area contributed by atoms with Gasteiger partial charge in [-0.3, -0.25) is 0 Å². The van der Waals surface area contributed by atoms with E-state index in [1.165, 1.54) is 155 Å². The van der Waals surface area contributed by atoms with Crippen LogP contribution in [0, 0.1) is 0 Å². The van der Waals surface area contributed by atoms with Gasteiger partial charge in [0.15, 0.2) is 23.0 Å². The first-order chi connectivity index (χ1) is 26.4. The fourth-order valence-electron chi connectivity index (χ4n) is 6.46. The highest BCUT2D eigenvalue weighted by atomic mass is 16.5. The molecule has 0 fully saturated rings. The maximum absolute atomic E-state index is 11.9. The average Bonchev–Trinajstić information content (AvgIpc) is 3.18. The molecule has 2 rings (SSSR count). The smallest absolute Gasteiger partial charge is 0.330 e. The molecule has 0 saturated carbocycles. The van der Waals surface area contributed by atoms with E-state index in [-0.39, 0.29) is 23.4 Å². The lowest BCUT2D eigenvalue weighted by molar-refractivity contribution is -0.138. The minimum Gasteiger partial charge on any atom is -0.504 e. The maximum atomic E-state index is 11.9. The van der Waals surface area contributed by atoms with E-state index in [1.54, 1.807) is 48.6 Å². The van der Waals surface area contributed by atoms with Gasteiger partial charge in [0.05, 0.1) is 27.4 Å². The van der Waals surface area contributed by atoms with E-state index in [9.17, 15) is 19.8 Å². The van der Waals surface area contributed by atoms with E-state index < -0.39 is 0 Å². The fourth-order valence-corrected chi connectivity index (χ4v) is 6.46. The molecule has 0 aromatic heterocycles. The summed E-state index contributed by atoms with van der Waals surface area (Å²) in [6.45, 7) is 0.912. The van der Waals surface area contributed by atoms with Gasteiger partial charge in [0, 0.05) is 12.2 Å². The van der Waals surface area contributed by atoms with Crippen LogP contribution in [0.1, 0.15) is 165 Å². The Bertz CT molecular complexity index is 1230. The normalized spacial score (nSPS) is 11.4. The number of phenols is 2. The van der Waals surface area contributed by atoms with Crippen LogP contribution < -0.4 is 9.47 Å². The fraction of sp³-hybridized carbons (Fsp3) is 0.609. The number of aromatic hydroxyl groups is 2. The minimum atomic E-state index is -0.346. The number of ether oxygens (including phenoxy) is 4. The van der Waals surface area contributed by atoms with Gasteiger partial charge in [-0.25, -0.2) is 9.59 Å². The Hall–Kier alpha value is -3.94. The lowest BCUT2D eigenvalue weighted by atomic mass is 10.0. The van der Waals surface area contributed by atoms with Gasteiger partial charge in [-0.15, -0.1) is 0 Å². The van der Waals surface area contributed by atoms with E-state index in [4.69, 9.17) is 18.9 Å². The Balaban J connectivity index is 1.23. The number of rotatable bonds is 33. The SMILES string of the molecule is COc1cc(/C=C/C(=O)OCCCCCCCCCCCCCCCCCCCCCCCCCCOC(=O)/C=C/c2ccc(O)c(OC)c2)ccc1O. The van der Waals surface area contributed by atoms with E-state index in [1.807, 2.05) is 0 Å². The van der Waals surface area contributed by atoms with Gasteiger partial charge in [0.2, 0.25) is 0 Å². The van der Waals surface area contributed by atoms with Gasteiger partial charge in [0.25, 0.3) is 0 Å². The summed E-state index contributed by atoms with van der Waals surface area (Å²) in [6.07, 6.45) is 36.9. The molecule has 302 valence electrons. The lowest BCUT2D eigenvalue weighted by Crippen LogP contribution is -2.02. The predicted molar refractivity (Wildman–Crippen MR) is 220 cm³/mol. The molecule has 0 unspecified atom stereocenters. The summed E-state index contributed by atoms with van der Waals surface area (Å²) in [7, 11) is 2.99. The van der Waals surface area contributed by atoms with Crippen LogP contribution in [0.5, 0.6) is 23.0 Å². The Labute approximate surface area is 326 Å². The van der Waals surface area contributed by atoms with Crippen molar-refractivity contribution in [1.82, 2.24) is 0 Å². The van der Waals surface area contributed by atoms with Gasteiger partial charge < -0.3 is 29.2 Å². The van der Waals surface area contributed by atoms with Gasteiger partial charge >= 0.3 is 11.9 Å². The van der Waals surface area contributed by atoms with E-state index in [2.05, 4.69) is 0 Å². The Morgan fingerprint density at radius 2 is 0.704 bits per heavy atom. The standard InChI is InChI=1S/C46H70O8/c1-51-43-37-39(27-31-41(43)47)29-33-45(49)53-35-25-23-21-19-17-15-13-11-9-7-5-3-4-6-8-10-12-14-16-18-20-22-24-26-36-54-46(50)34-30-40-28-32-42(48)44(38-40)52-2/h27-34,37-38,47-48H,3-26,35-36H2,1-2H3/b33-29+,34-30+. The first-order valence-electron chi connectivity index (χ1n) is 20.9. The molecule has 0 atom stereocenters.